The molecule has 20 heavy (non-hydrogen) atoms. The fraction of sp³-hybridized carbons (Fsp3) is 0.294. The van der Waals surface area contributed by atoms with E-state index in [1.54, 1.807) is 0 Å². The fourth-order valence-corrected chi connectivity index (χ4v) is 2.40. The highest BCUT2D eigenvalue weighted by molar-refractivity contribution is 9.10. The summed E-state index contributed by atoms with van der Waals surface area (Å²) in [5, 5.41) is 13.2. The summed E-state index contributed by atoms with van der Waals surface area (Å²) in [4.78, 5) is 0. The minimum absolute atomic E-state index is 0.107. The summed E-state index contributed by atoms with van der Waals surface area (Å²) in [6.45, 7) is 2.92. The molecule has 2 rings (SSSR count). The van der Waals surface area contributed by atoms with Gasteiger partial charge in [0.25, 0.3) is 0 Å². The van der Waals surface area contributed by atoms with Crippen molar-refractivity contribution in [2.75, 3.05) is 6.61 Å². The zero-order valence-electron chi connectivity index (χ0n) is 11.6. The first-order valence-electron chi connectivity index (χ1n) is 6.76. The van der Waals surface area contributed by atoms with E-state index in [9.17, 15) is 5.11 Å². The minimum atomic E-state index is -0.316. The summed E-state index contributed by atoms with van der Waals surface area (Å²) in [7, 11) is 0. The van der Waals surface area contributed by atoms with Gasteiger partial charge in [0.2, 0.25) is 0 Å². The first kappa shape index (κ1) is 15.2. The number of hydrogen-bond acceptors (Lipinski definition) is 2. The normalized spacial score (nSPS) is 13.9. The van der Waals surface area contributed by atoms with Gasteiger partial charge in [0.1, 0.15) is 0 Å². The van der Waals surface area contributed by atoms with Crippen molar-refractivity contribution in [3.8, 4) is 0 Å². The molecule has 0 bridgehead atoms. The number of benzene rings is 2. The molecule has 0 radical (unpaired) electrons. The number of rotatable bonds is 6. The molecule has 0 saturated heterocycles. The summed E-state index contributed by atoms with van der Waals surface area (Å²) < 4.78 is 1.07. The molecule has 2 aromatic rings. The second-order valence-corrected chi connectivity index (χ2v) is 6.28. The molecule has 0 aliphatic heterocycles. The molecule has 2 nitrogen and oxygen atoms in total. The lowest BCUT2D eigenvalue weighted by Crippen LogP contribution is -2.47. The summed E-state index contributed by atoms with van der Waals surface area (Å²) in [5.41, 5.74) is 2.12. The van der Waals surface area contributed by atoms with E-state index in [1.165, 1.54) is 11.1 Å². The van der Waals surface area contributed by atoms with Gasteiger partial charge in [0.05, 0.1) is 6.61 Å². The van der Waals surface area contributed by atoms with E-state index < -0.39 is 0 Å². The quantitative estimate of drug-likeness (QED) is 0.847. The van der Waals surface area contributed by atoms with Gasteiger partial charge in [0.15, 0.2) is 0 Å². The molecule has 0 aliphatic carbocycles. The van der Waals surface area contributed by atoms with Gasteiger partial charge >= 0.3 is 0 Å². The van der Waals surface area contributed by atoms with E-state index in [-0.39, 0.29) is 12.1 Å². The van der Waals surface area contributed by atoms with E-state index in [2.05, 4.69) is 52.4 Å². The highest BCUT2D eigenvalue weighted by Crippen LogP contribution is 2.17. The maximum atomic E-state index is 9.71. The standard InChI is InChI=1S/C17H20BrNO/c1-17(13-20,11-14-7-9-16(18)10-8-14)19-12-15-5-3-2-4-6-15/h2-10,19-20H,11-13H2,1H3. The smallest absolute Gasteiger partial charge is 0.0613 e. The van der Waals surface area contributed by atoms with Crippen molar-refractivity contribution in [2.24, 2.45) is 0 Å². The Hall–Kier alpha value is -1.16. The zero-order chi connectivity index (χ0) is 14.4. The predicted molar refractivity (Wildman–Crippen MR) is 86.6 cm³/mol. The van der Waals surface area contributed by atoms with Gasteiger partial charge in [-0.2, -0.15) is 0 Å². The highest BCUT2D eigenvalue weighted by Gasteiger charge is 2.22. The average Bonchev–Trinajstić information content (AvgIpc) is 2.49. The summed E-state index contributed by atoms with van der Waals surface area (Å²) in [6, 6.07) is 18.5. The molecule has 1 atom stereocenters. The molecule has 1 unspecified atom stereocenters. The molecule has 0 heterocycles. The molecular formula is C17H20BrNO. The number of nitrogens with one attached hydrogen (secondary N) is 1. The molecule has 0 aliphatic rings. The van der Waals surface area contributed by atoms with Crippen molar-refractivity contribution in [1.82, 2.24) is 5.32 Å². The van der Waals surface area contributed by atoms with Gasteiger partial charge in [-0.1, -0.05) is 58.4 Å². The van der Waals surface area contributed by atoms with E-state index >= 15 is 0 Å². The predicted octanol–water partition coefficient (Wildman–Crippen LogP) is 3.53. The van der Waals surface area contributed by atoms with Crippen molar-refractivity contribution in [2.45, 2.75) is 25.4 Å². The molecule has 0 amide bonds. The zero-order valence-corrected chi connectivity index (χ0v) is 13.2. The Balaban J connectivity index is 1.99. The lowest BCUT2D eigenvalue weighted by Gasteiger charge is -2.29. The molecule has 106 valence electrons. The van der Waals surface area contributed by atoms with Crippen LogP contribution in [0, 0.1) is 0 Å². The van der Waals surface area contributed by atoms with Gasteiger partial charge in [-0.05, 0) is 36.6 Å². The van der Waals surface area contributed by atoms with Gasteiger partial charge < -0.3 is 10.4 Å². The summed E-state index contributed by atoms with van der Waals surface area (Å²) >= 11 is 3.44. The van der Waals surface area contributed by atoms with Crippen LogP contribution in [0.15, 0.2) is 59.1 Å². The molecule has 3 heteroatoms. The van der Waals surface area contributed by atoms with Crippen LogP contribution < -0.4 is 5.32 Å². The Morgan fingerprint density at radius 2 is 1.65 bits per heavy atom. The number of aliphatic hydroxyl groups excluding tert-OH is 1. The molecule has 0 fully saturated rings. The average molecular weight is 334 g/mol. The molecule has 0 spiro atoms. The Morgan fingerprint density at radius 1 is 1.00 bits per heavy atom. The van der Waals surface area contributed by atoms with Crippen LogP contribution in [0.5, 0.6) is 0 Å². The maximum Gasteiger partial charge on any atom is 0.0613 e. The Bertz CT molecular complexity index is 526. The first-order chi connectivity index (χ1) is 9.61. The third-order valence-corrected chi connectivity index (χ3v) is 3.95. The largest absolute Gasteiger partial charge is 0.394 e. The van der Waals surface area contributed by atoms with Crippen LogP contribution in [0.25, 0.3) is 0 Å². The molecule has 0 aromatic heterocycles. The van der Waals surface area contributed by atoms with Gasteiger partial charge in [0, 0.05) is 16.6 Å². The van der Waals surface area contributed by atoms with E-state index in [0.29, 0.717) is 0 Å². The fourth-order valence-electron chi connectivity index (χ4n) is 2.14. The number of hydrogen-bond donors (Lipinski definition) is 2. The maximum absolute atomic E-state index is 9.71. The third kappa shape index (κ3) is 4.44. The van der Waals surface area contributed by atoms with Crippen LogP contribution >= 0.6 is 15.9 Å². The van der Waals surface area contributed by atoms with Crippen molar-refractivity contribution in [3.05, 3.63) is 70.2 Å². The summed E-state index contributed by atoms with van der Waals surface area (Å²) in [5.74, 6) is 0. The van der Waals surface area contributed by atoms with Crippen molar-refractivity contribution in [1.29, 1.82) is 0 Å². The Morgan fingerprint density at radius 3 is 2.25 bits per heavy atom. The number of aliphatic hydroxyl groups is 1. The Labute approximate surface area is 129 Å². The second-order valence-electron chi connectivity index (χ2n) is 5.36. The lowest BCUT2D eigenvalue weighted by atomic mass is 9.93. The van der Waals surface area contributed by atoms with Gasteiger partial charge in [-0.25, -0.2) is 0 Å². The van der Waals surface area contributed by atoms with Gasteiger partial charge in [-0.3, -0.25) is 0 Å². The molecule has 0 saturated carbocycles. The van der Waals surface area contributed by atoms with Crippen LogP contribution in [-0.2, 0) is 13.0 Å². The van der Waals surface area contributed by atoms with Crippen LogP contribution in [0.1, 0.15) is 18.1 Å². The van der Waals surface area contributed by atoms with E-state index in [1.807, 2.05) is 30.3 Å². The highest BCUT2D eigenvalue weighted by atomic mass is 79.9. The van der Waals surface area contributed by atoms with Crippen molar-refractivity contribution in [3.63, 3.8) is 0 Å². The van der Waals surface area contributed by atoms with Crippen LogP contribution in [0.2, 0.25) is 0 Å². The van der Waals surface area contributed by atoms with E-state index in [4.69, 9.17) is 0 Å². The number of halogens is 1. The SMILES string of the molecule is CC(CO)(Cc1ccc(Br)cc1)NCc1ccccc1. The van der Waals surface area contributed by atoms with E-state index in [0.717, 1.165) is 17.4 Å². The minimum Gasteiger partial charge on any atom is -0.394 e. The topological polar surface area (TPSA) is 32.3 Å². The summed E-state index contributed by atoms with van der Waals surface area (Å²) in [6.07, 6.45) is 0.795. The van der Waals surface area contributed by atoms with Crippen molar-refractivity contribution >= 4 is 15.9 Å². The van der Waals surface area contributed by atoms with Crippen LogP contribution in [-0.4, -0.2) is 17.3 Å². The first-order valence-corrected chi connectivity index (χ1v) is 7.55. The monoisotopic (exact) mass is 333 g/mol. The van der Waals surface area contributed by atoms with Crippen molar-refractivity contribution < 1.29 is 5.11 Å². The Kier molecular flexibility index (Phi) is 5.35. The van der Waals surface area contributed by atoms with Gasteiger partial charge in [-0.15, -0.1) is 0 Å². The molecular weight excluding hydrogens is 314 g/mol. The molecule has 2 N–H and O–H groups in total. The lowest BCUT2D eigenvalue weighted by molar-refractivity contribution is 0.172. The molecule has 2 aromatic carbocycles. The van der Waals surface area contributed by atoms with Crippen LogP contribution in [0.4, 0.5) is 0 Å². The van der Waals surface area contributed by atoms with Crippen LogP contribution in [0.3, 0.4) is 0 Å². The third-order valence-electron chi connectivity index (χ3n) is 3.42. The second kappa shape index (κ2) is 7.02.